The largest absolute Gasteiger partial charge is 0.435 e. The number of rotatable bonds is 2. The zero-order valence-corrected chi connectivity index (χ0v) is 17.9. The molecule has 0 fully saturated rings. The van der Waals surface area contributed by atoms with E-state index in [0.29, 0.717) is 5.89 Å². The van der Waals surface area contributed by atoms with Gasteiger partial charge in [-0.2, -0.15) is 0 Å². The maximum atomic E-state index is 6.03. The minimum absolute atomic E-state index is 0.599. The molecule has 0 aliphatic heterocycles. The molecule has 124 valence electrons. The first-order chi connectivity index (χ1) is 12.0. The molecule has 4 aromatic rings. The first-order valence-corrected chi connectivity index (χ1v) is 10.0. The highest BCUT2D eigenvalue weighted by Gasteiger charge is 2.15. The predicted octanol–water partition coefficient (Wildman–Crippen LogP) is 7.76. The monoisotopic (exact) mass is 519 g/mol. The van der Waals surface area contributed by atoms with Gasteiger partial charge in [0.1, 0.15) is 5.52 Å². The SMILES string of the molecule is Cc1c(Br)cc(-c2nc3cc(-c4ccccc4)cc(Br)c3o2)cc1Br. The zero-order chi connectivity index (χ0) is 17.6. The maximum Gasteiger partial charge on any atom is 0.227 e. The van der Waals surface area contributed by atoms with Gasteiger partial charge in [0, 0.05) is 14.5 Å². The Balaban J connectivity index is 1.87. The first-order valence-electron chi connectivity index (χ1n) is 7.64. The lowest BCUT2D eigenvalue weighted by Crippen LogP contribution is -1.83. The summed E-state index contributed by atoms with van der Waals surface area (Å²) in [5.74, 6) is 0.599. The number of hydrogen-bond donors (Lipinski definition) is 0. The fourth-order valence-corrected chi connectivity index (χ4v) is 4.40. The van der Waals surface area contributed by atoms with Gasteiger partial charge in [-0.25, -0.2) is 4.98 Å². The molecule has 3 aromatic carbocycles. The van der Waals surface area contributed by atoms with E-state index in [9.17, 15) is 0 Å². The van der Waals surface area contributed by atoms with Crippen molar-refractivity contribution in [3.05, 3.63) is 73.6 Å². The van der Waals surface area contributed by atoms with Crippen LogP contribution in [-0.4, -0.2) is 4.98 Å². The average molecular weight is 522 g/mol. The number of nitrogens with zero attached hydrogens (tertiary/aromatic N) is 1. The number of halogens is 3. The molecule has 0 aliphatic rings. The Kier molecular flexibility index (Phi) is 4.56. The molecule has 0 spiro atoms. The molecule has 4 rings (SSSR count). The van der Waals surface area contributed by atoms with Crippen LogP contribution >= 0.6 is 47.8 Å². The molecule has 25 heavy (non-hydrogen) atoms. The van der Waals surface area contributed by atoms with Crippen LogP contribution in [-0.2, 0) is 0 Å². The van der Waals surface area contributed by atoms with Gasteiger partial charge in [-0.05, 0) is 63.8 Å². The molecule has 1 heterocycles. The number of aromatic nitrogens is 1. The van der Waals surface area contributed by atoms with E-state index < -0.39 is 0 Å². The van der Waals surface area contributed by atoms with Crippen LogP contribution < -0.4 is 0 Å². The second-order valence-corrected chi connectivity index (χ2v) is 8.32. The van der Waals surface area contributed by atoms with Crippen molar-refractivity contribution in [3.8, 4) is 22.6 Å². The Hall–Kier alpha value is -1.43. The minimum Gasteiger partial charge on any atom is -0.435 e. The van der Waals surface area contributed by atoms with Crippen LogP contribution in [0.3, 0.4) is 0 Å². The van der Waals surface area contributed by atoms with E-state index in [1.807, 2.05) is 37.3 Å². The zero-order valence-electron chi connectivity index (χ0n) is 13.2. The molecule has 2 nitrogen and oxygen atoms in total. The van der Waals surface area contributed by atoms with E-state index in [4.69, 9.17) is 9.40 Å². The molecule has 0 unspecified atom stereocenters. The molecule has 0 N–H and O–H groups in total. The number of hydrogen-bond acceptors (Lipinski definition) is 2. The first kappa shape index (κ1) is 17.0. The summed E-state index contributed by atoms with van der Waals surface area (Å²) in [6, 6.07) is 18.4. The summed E-state index contributed by atoms with van der Waals surface area (Å²) in [6.45, 7) is 2.05. The smallest absolute Gasteiger partial charge is 0.227 e. The Labute approximate surface area is 170 Å². The molecule has 0 radical (unpaired) electrons. The van der Waals surface area contributed by atoms with Crippen molar-refractivity contribution in [2.24, 2.45) is 0 Å². The van der Waals surface area contributed by atoms with E-state index in [1.165, 1.54) is 0 Å². The number of benzene rings is 3. The lowest BCUT2D eigenvalue weighted by atomic mass is 10.1. The van der Waals surface area contributed by atoms with Crippen LogP contribution in [0.5, 0.6) is 0 Å². The Morgan fingerprint density at radius 3 is 2.08 bits per heavy atom. The second kappa shape index (κ2) is 6.71. The molecule has 5 heteroatoms. The summed E-state index contributed by atoms with van der Waals surface area (Å²) in [7, 11) is 0. The molecule has 0 saturated carbocycles. The summed E-state index contributed by atoms with van der Waals surface area (Å²) in [5.41, 5.74) is 5.90. The standard InChI is InChI=1S/C20H12Br3NO/c1-11-15(21)8-14(9-16(11)22)20-24-18-10-13(7-17(23)19(18)25-20)12-5-3-2-4-6-12/h2-10H,1H3. The summed E-state index contributed by atoms with van der Waals surface area (Å²) >= 11 is 10.8. The van der Waals surface area contributed by atoms with Crippen molar-refractivity contribution in [2.75, 3.05) is 0 Å². The third-order valence-electron chi connectivity index (χ3n) is 4.08. The highest BCUT2D eigenvalue weighted by atomic mass is 79.9. The molecule has 0 aliphatic carbocycles. The quantitative estimate of drug-likeness (QED) is 0.269. The van der Waals surface area contributed by atoms with Crippen molar-refractivity contribution in [1.29, 1.82) is 0 Å². The van der Waals surface area contributed by atoms with Crippen molar-refractivity contribution in [1.82, 2.24) is 4.98 Å². The van der Waals surface area contributed by atoms with Crippen LogP contribution in [0.2, 0.25) is 0 Å². The predicted molar refractivity (Wildman–Crippen MR) is 113 cm³/mol. The number of fused-ring (bicyclic) bond motifs is 1. The van der Waals surface area contributed by atoms with Crippen LogP contribution in [0.15, 0.2) is 72.4 Å². The lowest BCUT2D eigenvalue weighted by Gasteiger charge is -2.03. The Bertz CT molecular complexity index is 1060. The summed E-state index contributed by atoms with van der Waals surface area (Å²) in [4.78, 5) is 4.70. The van der Waals surface area contributed by atoms with Crippen LogP contribution in [0, 0.1) is 6.92 Å². The molecule has 0 bridgehead atoms. The van der Waals surface area contributed by atoms with Crippen LogP contribution in [0.1, 0.15) is 5.56 Å². The van der Waals surface area contributed by atoms with E-state index in [0.717, 1.165) is 46.8 Å². The lowest BCUT2D eigenvalue weighted by molar-refractivity contribution is 0.618. The van der Waals surface area contributed by atoms with E-state index >= 15 is 0 Å². The molecule has 1 aromatic heterocycles. The van der Waals surface area contributed by atoms with E-state index in [2.05, 4.69) is 72.1 Å². The average Bonchev–Trinajstić information content (AvgIpc) is 3.05. The van der Waals surface area contributed by atoms with Gasteiger partial charge in [-0.1, -0.05) is 62.2 Å². The molecular formula is C20H12Br3NO. The maximum absolute atomic E-state index is 6.03. The Morgan fingerprint density at radius 2 is 1.40 bits per heavy atom. The van der Waals surface area contributed by atoms with Gasteiger partial charge in [0.25, 0.3) is 0 Å². The molecule has 0 saturated heterocycles. The summed E-state index contributed by atoms with van der Waals surface area (Å²) in [6.07, 6.45) is 0. The number of oxazole rings is 1. The van der Waals surface area contributed by atoms with Crippen molar-refractivity contribution in [2.45, 2.75) is 6.92 Å². The summed E-state index contributed by atoms with van der Waals surface area (Å²) < 4.78 is 8.96. The summed E-state index contributed by atoms with van der Waals surface area (Å²) in [5, 5.41) is 0. The Morgan fingerprint density at radius 1 is 0.760 bits per heavy atom. The highest BCUT2D eigenvalue weighted by molar-refractivity contribution is 9.11. The van der Waals surface area contributed by atoms with E-state index in [-0.39, 0.29) is 0 Å². The van der Waals surface area contributed by atoms with Crippen molar-refractivity contribution < 1.29 is 4.42 Å². The van der Waals surface area contributed by atoms with Crippen molar-refractivity contribution in [3.63, 3.8) is 0 Å². The highest BCUT2D eigenvalue weighted by Crippen LogP contribution is 2.36. The minimum atomic E-state index is 0.599. The third kappa shape index (κ3) is 3.21. The van der Waals surface area contributed by atoms with Gasteiger partial charge in [0.15, 0.2) is 5.58 Å². The fourth-order valence-electron chi connectivity index (χ4n) is 2.68. The second-order valence-electron chi connectivity index (χ2n) is 5.76. The van der Waals surface area contributed by atoms with Gasteiger partial charge < -0.3 is 4.42 Å². The molecule has 0 atom stereocenters. The molecule has 0 amide bonds. The normalized spacial score (nSPS) is 11.2. The van der Waals surface area contributed by atoms with Crippen LogP contribution in [0.4, 0.5) is 0 Å². The fraction of sp³-hybridized carbons (Fsp3) is 0.0500. The van der Waals surface area contributed by atoms with E-state index in [1.54, 1.807) is 0 Å². The van der Waals surface area contributed by atoms with Gasteiger partial charge >= 0.3 is 0 Å². The van der Waals surface area contributed by atoms with Gasteiger partial charge in [-0.15, -0.1) is 0 Å². The van der Waals surface area contributed by atoms with Gasteiger partial charge in [-0.3, -0.25) is 0 Å². The van der Waals surface area contributed by atoms with Crippen molar-refractivity contribution >= 4 is 58.9 Å². The van der Waals surface area contributed by atoms with Gasteiger partial charge in [0.05, 0.1) is 4.47 Å². The third-order valence-corrected chi connectivity index (χ3v) is 6.32. The topological polar surface area (TPSA) is 26.0 Å². The van der Waals surface area contributed by atoms with Gasteiger partial charge in [0.2, 0.25) is 5.89 Å². The molecular weight excluding hydrogens is 510 g/mol. The van der Waals surface area contributed by atoms with Crippen LogP contribution in [0.25, 0.3) is 33.7 Å².